The van der Waals surface area contributed by atoms with Gasteiger partial charge >= 0.3 is 6.03 Å². The summed E-state index contributed by atoms with van der Waals surface area (Å²) in [7, 11) is 0. The lowest BCUT2D eigenvalue weighted by atomic mass is 9.86. The van der Waals surface area contributed by atoms with Crippen LogP contribution in [0, 0.1) is 12.8 Å². The van der Waals surface area contributed by atoms with Gasteiger partial charge in [0.1, 0.15) is 5.75 Å². The van der Waals surface area contributed by atoms with Crippen LogP contribution in [-0.4, -0.2) is 66.1 Å². The van der Waals surface area contributed by atoms with Crippen molar-refractivity contribution >= 4 is 35.3 Å². The van der Waals surface area contributed by atoms with E-state index in [1.807, 2.05) is 43.3 Å². The van der Waals surface area contributed by atoms with E-state index in [9.17, 15) is 14.4 Å². The van der Waals surface area contributed by atoms with E-state index < -0.39 is 6.04 Å². The minimum Gasteiger partial charge on any atom is -0.439 e. The maximum atomic E-state index is 13.6. The number of nitrogens with one attached hydrogen (secondary N) is 4. The first-order valence-electron chi connectivity index (χ1n) is 13.2. The molecule has 0 radical (unpaired) electrons. The van der Waals surface area contributed by atoms with Crippen molar-refractivity contribution in [2.24, 2.45) is 5.92 Å². The number of benzene rings is 1. The Bertz CT molecular complexity index is 1380. The van der Waals surface area contributed by atoms with Crippen molar-refractivity contribution in [1.29, 1.82) is 0 Å². The van der Waals surface area contributed by atoms with Crippen molar-refractivity contribution in [3.63, 3.8) is 0 Å². The highest BCUT2D eigenvalue weighted by molar-refractivity contribution is 8.04. The Morgan fingerprint density at radius 2 is 2.00 bits per heavy atom. The van der Waals surface area contributed by atoms with Crippen LogP contribution in [0.25, 0.3) is 0 Å². The summed E-state index contributed by atoms with van der Waals surface area (Å²) in [5.74, 6) is 0.406. The van der Waals surface area contributed by atoms with Gasteiger partial charge in [-0.05, 0) is 43.7 Å². The molecule has 0 bridgehead atoms. The fourth-order valence-corrected chi connectivity index (χ4v) is 7.06. The topological polar surface area (TPSA) is 134 Å². The number of rotatable bonds is 7. The van der Waals surface area contributed by atoms with Crippen molar-refractivity contribution in [3.05, 3.63) is 71.4 Å². The number of nitrogens with zero attached hydrogens (tertiary/aromatic N) is 2. The average molecular weight is 563 g/mol. The molecule has 4 amide bonds. The van der Waals surface area contributed by atoms with Gasteiger partial charge in [-0.1, -0.05) is 36.5 Å². The van der Waals surface area contributed by atoms with E-state index in [1.54, 1.807) is 11.1 Å². The third kappa shape index (κ3) is 4.93. The van der Waals surface area contributed by atoms with Crippen LogP contribution in [0.15, 0.2) is 65.9 Å². The standard InChI is InChI=1S/C28H30N6O5S/c1-3-21(35)31-17-13-38-14-18(17)32-26(36)25-24-23-19(9-10-29-27(23)40-25)34(28(37)33-24)20-12-30-22(11-15(20)2)39-16-7-5-4-6-8-16/h3-8,11-12,17-19,23,27,29H,1,9-10,13-14H2,2H3,(H,31,35)(H,32,36)(H,33,37)/t17-,18+,19?,23?,27?/m1/s1. The quantitative estimate of drug-likeness (QED) is 0.378. The summed E-state index contributed by atoms with van der Waals surface area (Å²) < 4.78 is 11.4. The zero-order valence-electron chi connectivity index (χ0n) is 21.9. The number of para-hydroxylation sites is 1. The van der Waals surface area contributed by atoms with Crippen LogP contribution >= 0.6 is 11.8 Å². The molecule has 3 fully saturated rings. The number of piperidine rings is 1. The molecule has 12 heteroatoms. The fourth-order valence-electron chi connectivity index (χ4n) is 5.66. The number of thioether (sulfide) groups is 1. The maximum absolute atomic E-state index is 13.6. The zero-order chi connectivity index (χ0) is 27.8. The third-order valence-corrected chi connectivity index (χ3v) is 8.90. The molecule has 5 heterocycles. The van der Waals surface area contributed by atoms with E-state index >= 15 is 0 Å². The number of hydrogen-bond donors (Lipinski definition) is 4. The molecule has 3 unspecified atom stereocenters. The summed E-state index contributed by atoms with van der Waals surface area (Å²) in [6.45, 7) is 6.70. The lowest BCUT2D eigenvalue weighted by molar-refractivity contribution is -0.119. The number of urea groups is 1. The summed E-state index contributed by atoms with van der Waals surface area (Å²) >= 11 is 1.42. The first-order chi connectivity index (χ1) is 19.4. The fraction of sp³-hybridized carbons (Fsp3) is 0.357. The SMILES string of the molecule is C=CC(=O)N[C@@H]1COC[C@@H]1NC(=O)C1=C2NC(=O)N(c3cnc(Oc4ccccc4)cc3C)C3CCNC(S1)C23. The van der Waals surface area contributed by atoms with Gasteiger partial charge in [-0.25, -0.2) is 9.78 Å². The second kappa shape index (κ2) is 11.0. The number of aromatic nitrogens is 1. The molecule has 5 atom stereocenters. The summed E-state index contributed by atoms with van der Waals surface area (Å²) in [6.07, 6.45) is 3.59. The van der Waals surface area contributed by atoms with Gasteiger partial charge in [0.05, 0.1) is 53.5 Å². The molecule has 11 nitrogen and oxygen atoms in total. The monoisotopic (exact) mass is 562 g/mol. The van der Waals surface area contributed by atoms with E-state index in [0.29, 0.717) is 41.1 Å². The smallest absolute Gasteiger partial charge is 0.326 e. The van der Waals surface area contributed by atoms with Crippen LogP contribution in [0.3, 0.4) is 0 Å². The number of amides is 4. The summed E-state index contributed by atoms with van der Waals surface area (Å²) in [6, 6.07) is 10.0. The Hall–Kier alpha value is -3.87. The largest absolute Gasteiger partial charge is 0.439 e. The van der Waals surface area contributed by atoms with Gasteiger partial charge in [-0.3, -0.25) is 14.5 Å². The lowest BCUT2D eigenvalue weighted by Crippen LogP contribution is -2.62. The molecular formula is C28H30N6O5S. The highest BCUT2D eigenvalue weighted by Gasteiger charge is 2.52. The first kappa shape index (κ1) is 26.4. The predicted octanol–water partition coefficient (Wildman–Crippen LogP) is 2.16. The van der Waals surface area contributed by atoms with Gasteiger partial charge in [0.25, 0.3) is 5.91 Å². The molecule has 4 aliphatic rings. The Labute approximate surface area is 235 Å². The Morgan fingerprint density at radius 3 is 2.75 bits per heavy atom. The molecule has 0 aliphatic carbocycles. The van der Waals surface area contributed by atoms with Crippen LogP contribution in [0.1, 0.15) is 12.0 Å². The Balaban J connectivity index is 1.22. The number of pyridine rings is 1. The van der Waals surface area contributed by atoms with Crippen LogP contribution in [-0.2, 0) is 14.3 Å². The van der Waals surface area contributed by atoms with Crippen molar-refractivity contribution in [2.75, 3.05) is 24.7 Å². The summed E-state index contributed by atoms with van der Waals surface area (Å²) in [5, 5.41) is 12.3. The molecule has 6 rings (SSSR count). The number of ether oxygens (including phenoxy) is 2. The number of anilines is 1. The second-order valence-electron chi connectivity index (χ2n) is 10.1. The maximum Gasteiger partial charge on any atom is 0.326 e. The molecular weight excluding hydrogens is 532 g/mol. The van der Waals surface area contributed by atoms with Crippen molar-refractivity contribution < 1.29 is 23.9 Å². The number of carbonyl (C=O) groups is 3. The molecule has 1 aromatic carbocycles. The Kier molecular flexibility index (Phi) is 7.22. The highest BCUT2D eigenvalue weighted by atomic mass is 32.2. The minimum atomic E-state index is -0.391. The molecule has 2 aromatic rings. The van der Waals surface area contributed by atoms with Crippen LogP contribution in [0.5, 0.6) is 11.6 Å². The second-order valence-corrected chi connectivity index (χ2v) is 11.2. The van der Waals surface area contributed by atoms with E-state index in [0.717, 1.165) is 12.0 Å². The Morgan fingerprint density at radius 1 is 1.23 bits per heavy atom. The van der Waals surface area contributed by atoms with Gasteiger partial charge in [-0.2, -0.15) is 0 Å². The van der Waals surface area contributed by atoms with Gasteiger partial charge < -0.3 is 30.7 Å². The van der Waals surface area contributed by atoms with Crippen molar-refractivity contribution in [1.82, 2.24) is 26.3 Å². The van der Waals surface area contributed by atoms with Crippen LogP contribution < -0.4 is 30.9 Å². The van der Waals surface area contributed by atoms with Gasteiger partial charge in [0, 0.05) is 17.7 Å². The van der Waals surface area contributed by atoms with Crippen LogP contribution in [0.2, 0.25) is 0 Å². The van der Waals surface area contributed by atoms with Gasteiger partial charge in [-0.15, -0.1) is 0 Å². The molecule has 0 saturated carbocycles. The normalized spacial score (nSPS) is 27.1. The molecule has 40 heavy (non-hydrogen) atoms. The molecule has 3 saturated heterocycles. The molecule has 0 spiro atoms. The summed E-state index contributed by atoms with van der Waals surface area (Å²) in [5.41, 5.74) is 2.19. The van der Waals surface area contributed by atoms with Gasteiger partial charge in [0.15, 0.2) is 0 Å². The lowest BCUT2D eigenvalue weighted by Gasteiger charge is -2.46. The first-order valence-corrected chi connectivity index (χ1v) is 14.1. The van der Waals surface area contributed by atoms with E-state index in [4.69, 9.17) is 9.47 Å². The van der Waals surface area contributed by atoms with E-state index in [1.165, 1.54) is 17.8 Å². The average Bonchev–Trinajstić information content (AvgIpc) is 3.55. The third-order valence-electron chi connectivity index (χ3n) is 7.54. The zero-order valence-corrected chi connectivity index (χ0v) is 22.7. The number of aryl methyl sites for hydroxylation is 1. The summed E-state index contributed by atoms with van der Waals surface area (Å²) in [4.78, 5) is 45.5. The number of carbonyl (C=O) groups excluding carboxylic acids is 3. The minimum absolute atomic E-state index is 0.0670. The van der Waals surface area contributed by atoms with E-state index in [-0.39, 0.29) is 47.8 Å². The van der Waals surface area contributed by atoms with Gasteiger partial charge in [0.2, 0.25) is 11.8 Å². The van der Waals surface area contributed by atoms with Crippen LogP contribution in [0.4, 0.5) is 10.5 Å². The molecule has 208 valence electrons. The van der Waals surface area contributed by atoms with E-state index in [2.05, 4.69) is 32.8 Å². The van der Waals surface area contributed by atoms with Crippen molar-refractivity contribution in [3.8, 4) is 11.6 Å². The molecule has 4 aliphatic heterocycles. The number of hydrogen-bond acceptors (Lipinski definition) is 8. The molecule has 4 N–H and O–H groups in total. The molecule has 1 aromatic heterocycles. The van der Waals surface area contributed by atoms with Crippen molar-refractivity contribution in [2.45, 2.75) is 36.8 Å². The predicted molar refractivity (Wildman–Crippen MR) is 150 cm³/mol. The highest BCUT2D eigenvalue weighted by Crippen LogP contribution is 2.48.